The molecule has 0 aliphatic rings. The number of rotatable bonds is 5. The number of amides is 1. The number of nitrogens with one attached hydrogen (secondary N) is 2. The van der Waals surface area contributed by atoms with Crippen LogP contribution in [0, 0.1) is 6.92 Å². The largest absolute Gasteiger partial charge is 0.360 e. The van der Waals surface area contributed by atoms with Crippen LogP contribution in [0.15, 0.2) is 40.9 Å². The molecule has 0 saturated heterocycles. The van der Waals surface area contributed by atoms with Crippen molar-refractivity contribution >= 4 is 18.1 Å². The number of hydrogen-bond donors (Lipinski definition) is 2. The predicted octanol–water partition coefficient (Wildman–Crippen LogP) is 3.68. The molecule has 0 bridgehead atoms. The maximum Gasteiger partial charge on any atom is 0.271 e. The van der Waals surface area contributed by atoms with E-state index in [1.54, 1.807) is 6.07 Å². The quantitative estimate of drug-likeness (QED) is 0.744. The van der Waals surface area contributed by atoms with Gasteiger partial charge in [-0.25, -0.2) is 0 Å². The third kappa shape index (κ3) is 3.85. The molecule has 0 unspecified atom stereocenters. The molecule has 3 rings (SSSR count). The van der Waals surface area contributed by atoms with Crippen molar-refractivity contribution < 1.29 is 9.32 Å². The van der Waals surface area contributed by atoms with Gasteiger partial charge >= 0.3 is 0 Å². The summed E-state index contributed by atoms with van der Waals surface area (Å²) >= 11 is 0. The Labute approximate surface area is 145 Å². The second-order valence-corrected chi connectivity index (χ2v) is 6.04. The Hall–Kier alpha value is -3.15. The maximum absolute atomic E-state index is 12.0. The third-order valence-electron chi connectivity index (χ3n) is 3.64. The van der Waals surface area contributed by atoms with Gasteiger partial charge in [0.15, 0.2) is 5.69 Å². The van der Waals surface area contributed by atoms with Crippen LogP contribution in [0.1, 0.15) is 41.4 Å². The Morgan fingerprint density at radius 3 is 2.72 bits per heavy atom. The minimum Gasteiger partial charge on any atom is -0.360 e. The molecule has 1 amide bonds. The summed E-state index contributed by atoms with van der Waals surface area (Å²) in [6, 6.07) is 11.6. The number of benzene rings is 1. The molecule has 0 spiro atoms. The lowest BCUT2D eigenvalue weighted by Gasteiger charge is -2.04. The van der Waals surface area contributed by atoms with Crippen LogP contribution in [0.2, 0.25) is 0 Å². The van der Waals surface area contributed by atoms with Crippen molar-refractivity contribution in [2.24, 2.45) is 0 Å². The van der Waals surface area contributed by atoms with Gasteiger partial charge in [-0.15, -0.1) is 0 Å². The fourth-order valence-corrected chi connectivity index (χ4v) is 2.43. The number of carbonyl (C=O) groups excluding carboxylic acids is 1. The van der Waals surface area contributed by atoms with Gasteiger partial charge in [0, 0.05) is 17.2 Å². The molecule has 6 nitrogen and oxygen atoms in total. The molecule has 0 fully saturated rings. The molecule has 0 atom stereocenters. The van der Waals surface area contributed by atoms with Crippen LogP contribution in [0.25, 0.3) is 23.4 Å². The molecular formula is C19H20N4O2. The Balaban J connectivity index is 1.83. The van der Waals surface area contributed by atoms with Gasteiger partial charge in [-0.3, -0.25) is 9.89 Å². The van der Waals surface area contributed by atoms with Crippen LogP contribution in [-0.4, -0.2) is 27.3 Å². The number of aryl methyl sites for hydroxylation is 1. The van der Waals surface area contributed by atoms with E-state index in [2.05, 4.69) is 20.7 Å². The lowest BCUT2D eigenvalue weighted by molar-refractivity contribution is 0.0938. The molecule has 2 heterocycles. The molecule has 2 aromatic heterocycles. The summed E-state index contributed by atoms with van der Waals surface area (Å²) < 4.78 is 5.33. The van der Waals surface area contributed by atoms with Crippen molar-refractivity contribution in [1.82, 2.24) is 20.7 Å². The van der Waals surface area contributed by atoms with Crippen molar-refractivity contribution in [3.05, 3.63) is 59.1 Å². The van der Waals surface area contributed by atoms with E-state index < -0.39 is 0 Å². The zero-order chi connectivity index (χ0) is 17.8. The van der Waals surface area contributed by atoms with Crippen LogP contribution < -0.4 is 5.32 Å². The first-order valence-electron chi connectivity index (χ1n) is 8.10. The monoisotopic (exact) mass is 336 g/mol. The zero-order valence-electron chi connectivity index (χ0n) is 14.4. The lowest BCUT2D eigenvalue weighted by Crippen LogP contribution is -2.30. The summed E-state index contributed by atoms with van der Waals surface area (Å²) in [5, 5.41) is 13.9. The summed E-state index contributed by atoms with van der Waals surface area (Å²) in [5.41, 5.74) is 3.76. The number of nitrogens with zero attached hydrogens (tertiary/aromatic N) is 2. The van der Waals surface area contributed by atoms with Gasteiger partial charge in [-0.05, 0) is 39.0 Å². The average molecular weight is 336 g/mol. The summed E-state index contributed by atoms with van der Waals surface area (Å²) in [7, 11) is 0. The first kappa shape index (κ1) is 16.7. The fourth-order valence-electron chi connectivity index (χ4n) is 2.43. The fraction of sp³-hybridized carbons (Fsp3) is 0.211. The van der Waals surface area contributed by atoms with Gasteiger partial charge in [0.25, 0.3) is 5.91 Å². The molecule has 0 aliphatic carbocycles. The Morgan fingerprint density at radius 1 is 1.24 bits per heavy atom. The Kier molecular flexibility index (Phi) is 4.79. The van der Waals surface area contributed by atoms with Crippen molar-refractivity contribution in [3.63, 3.8) is 0 Å². The van der Waals surface area contributed by atoms with Crippen molar-refractivity contribution in [1.29, 1.82) is 0 Å². The highest BCUT2D eigenvalue weighted by Gasteiger charge is 2.13. The molecule has 0 saturated carbocycles. The highest BCUT2D eigenvalue weighted by Crippen LogP contribution is 2.26. The van der Waals surface area contributed by atoms with Gasteiger partial charge < -0.3 is 9.84 Å². The Morgan fingerprint density at radius 2 is 2.00 bits per heavy atom. The van der Waals surface area contributed by atoms with Crippen molar-refractivity contribution in [3.8, 4) is 11.3 Å². The van der Waals surface area contributed by atoms with E-state index in [0.717, 1.165) is 28.3 Å². The number of H-pyrrole nitrogens is 1. The predicted molar refractivity (Wildman–Crippen MR) is 96.8 cm³/mol. The number of hydrogen-bond acceptors (Lipinski definition) is 4. The topological polar surface area (TPSA) is 83.8 Å². The highest BCUT2D eigenvalue weighted by molar-refractivity contribution is 5.93. The molecule has 1 aromatic carbocycles. The van der Waals surface area contributed by atoms with E-state index in [-0.39, 0.29) is 11.9 Å². The van der Waals surface area contributed by atoms with E-state index in [1.165, 1.54) is 0 Å². The van der Waals surface area contributed by atoms with Gasteiger partial charge in [-0.2, -0.15) is 5.10 Å². The lowest BCUT2D eigenvalue weighted by atomic mass is 10.1. The highest BCUT2D eigenvalue weighted by atomic mass is 16.5. The number of carbonyl (C=O) groups is 1. The van der Waals surface area contributed by atoms with Crippen molar-refractivity contribution in [2.45, 2.75) is 26.8 Å². The molecule has 25 heavy (non-hydrogen) atoms. The molecule has 2 N–H and O–H groups in total. The third-order valence-corrected chi connectivity index (χ3v) is 3.64. The van der Waals surface area contributed by atoms with Crippen LogP contribution in [0.5, 0.6) is 0 Å². The molecule has 6 heteroatoms. The van der Waals surface area contributed by atoms with Gasteiger partial charge in [0.1, 0.15) is 11.5 Å². The van der Waals surface area contributed by atoms with E-state index in [1.807, 2.05) is 63.3 Å². The second-order valence-electron chi connectivity index (χ2n) is 6.04. The summed E-state index contributed by atoms with van der Waals surface area (Å²) in [4.78, 5) is 12.0. The number of aromatic nitrogens is 3. The van der Waals surface area contributed by atoms with Crippen LogP contribution in [0.4, 0.5) is 0 Å². The zero-order valence-corrected chi connectivity index (χ0v) is 14.4. The van der Waals surface area contributed by atoms with Crippen LogP contribution in [0.3, 0.4) is 0 Å². The first-order chi connectivity index (χ1) is 12.0. The second kappa shape index (κ2) is 7.17. The minimum absolute atomic E-state index is 0.0660. The standard InChI is InChI=1S/C19H20N4O2/c1-12(2)20-19(24)17-11-15(21-22-17)9-10-16-13(3)25-23-18(16)14-7-5-4-6-8-14/h4-12H,1-3H3,(H,20,24)(H,21,22)/b10-9-. The molecule has 3 aromatic rings. The molecular weight excluding hydrogens is 316 g/mol. The maximum atomic E-state index is 12.0. The first-order valence-corrected chi connectivity index (χ1v) is 8.10. The molecule has 0 aliphatic heterocycles. The SMILES string of the molecule is Cc1onc(-c2ccccc2)c1/C=C\c1cc(C(=O)NC(C)C)n[nH]1. The normalized spacial score (nSPS) is 11.4. The van der Waals surface area contributed by atoms with E-state index in [0.29, 0.717) is 5.69 Å². The smallest absolute Gasteiger partial charge is 0.271 e. The van der Waals surface area contributed by atoms with E-state index in [9.17, 15) is 4.79 Å². The van der Waals surface area contributed by atoms with Gasteiger partial charge in [0.2, 0.25) is 0 Å². The Bertz CT molecular complexity index is 891. The number of aromatic amines is 1. The average Bonchev–Trinajstić information content (AvgIpc) is 3.20. The van der Waals surface area contributed by atoms with E-state index >= 15 is 0 Å². The van der Waals surface area contributed by atoms with Crippen LogP contribution >= 0.6 is 0 Å². The van der Waals surface area contributed by atoms with E-state index in [4.69, 9.17) is 4.52 Å². The van der Waals surface area contributed by atoms with Gasteiger partial charge in [-0.1, -0.05) is 35.5 Å². The minimum atomic E-state index is -0.197. The summed E-state index contributed by atoms with van der Waals surface area (Å²) in [5.74, 6) is 0.532. The molecule has 128 valence electrons. The van der Waals surface area contributed by atoms with Gasteiger partial charge in [0.05, 0.1) is 5.69 Å². The summed E-state index contributed by atoms with van der Waals surface area (Å²) in [6.45, 7) is 5.68. The van der Waals surface area contributed by atoms with Crippen molar-refractivity contribution in [2.75, 3.05) is 0 Å². The molecule has 0 radical (unpaired) electrons. The van der Waals surface area contributed by atoms with Crippen LogP contribution in [-0.2, 0) is 0 Å². The summed E-state index contributed by atoms with van der Waals surface area (Å²) in [6.07, 6.45) is 3.76.